The largest absolute Gasteiger partial charge is 0.338 e. The molecule has 3 rings (SSSR count). The van der Waals surface area contributed by atoms with E-state index in [2.05, 4.69) is 12.1 Å². The van der Waals surface area contributed by atoms with Crippen molar-refractivity contribution in [2.45, 2.75) is 12.3 Å². The summed E-state index contributed by atoms with van der Waals surface area (Å²) in [7, 11) is 0. The van der Waals surface area contributed by atoms with Crippen LogP contribution in [0.2, 0.25) is 0 Å². The highest BCUT2D eigenvalue weighted by atomic mass is 16.6. The van der Waals surface area contributed by atoms with E-state index in [4.69, 9.17) is 0 Å². The molecule has 112 valence electrons. The average molecular weight is 296 g/mol. The van der Waals surface area contributed by atoms with Gasteiger partial charge in [-0.3, -0.25) is 14.9 Å². The Morgan fingerprint density at radius 3 is 2.41 bits per heavy atom. The molecular formula is C17H16N2O3. The zero-order chi connectivity index (χ0) is 15.5. The third kappa shape index (κ3) is 2.83. The van der Waals surface area contributed by atoms with Crippen molar-refractivity contribution in [1.82, 2.24) is 4.90 Å². The molecule has 5 heteroatoms. The minimum absolute atomic E-state index is 0.000124. The maximum Gasteiger partial charge on any atom is 0.269 e. The summed E-state index contributed by atoms with van der Waals surface area (Å²) in [4.78, 5) is 24.5. The molecule has 1 heterocycles. The van der Waals surface area contributed by atoms with Crippen LogP contribution in [0.1, 0.15) is 28.3 Å². The molecule has 2 aromatic rings. The molecule has 1 amide bonds. The number of non-ortho nitro benzene ring substituents is 1. The molecule has 22 heavy (non-hydrogen) atoms. The Bertz CT molecular complexity index is 683. The Morgan fingerprint density at radius 1 is 1.09 bits per heavy atom. The molecule has 0 unspecified atom stereocenters. The SMILES string of the molecule is O=C(c1ccc([N+](=O)[O-])cc1)N1CC[C@H](c2ccccc2)C1. The van der Waals surface area contributed by atoms with Crippen molar-refractivity contribution in [3.8, 4) is 0 Å². The van der Waals surface area contributed by atoms with Gasteiger partial charge in [-0.05, 0) is 24.1 Å². The van der Waals surface area contributed by atoms with Gasteiger partial charge in [0.1, 0.15) is 0 Å². The second-order valence-corrected chi connectivity index (χ2v) is 5.45. The molecule has 1 fully saturated rings. The summed E-state index contributed by atoms with van der Waals surface area (Å²) in [6, 6.07) is 16.0. The van der Waals surface area contributed by atoms with Crippen LogP contribution in [0.25, 0.3) is 0 Å². The second kappa shape index (κ2) is 5.97. The second-order valence-electron chi connectivity index (χ2n) is 5.45. The lowest BCUT2D eigenvalue weighted by Gasteiger charge is -2.16. The molecule has 0 aromatic heterocycles. The van der Waals surface area contributed by atoms with Crippen LogP contribution >= 0.6 is 0 Å². The van der Waals surface area contributed by atoms with Gasteiger partial charge in [0, 0.05) is 36.7 Å². The number of amides is 1. The lowest BCUT2D eigenvalue weighted by molar-refractivity contribution is -0.384. The van der Waals surface area contributed by atoms with Crippen LogP contribution in [0.4, 0.5) is 5.69 Å². The lowest BCUT2D eigenvalue weighted by atomic mass is 9.99. The maximum absolute atomic E-state index is 12.5. The predicted molar refractivity (Wildman–Crippen MR) is 82.8 cm³/mol. The van der Waals surface area contributed by atoms with Gasteiger partial charge < -0.3 is 4.90 Å². The van der Waals surface area contributed by atoms with Crippen LogP contribution in [0.5, 0.6) is 0 Å². The summed E-state index contributed by atoms with van der Waals surface area (Å²) in [6.07, 6.45) is 0.947. The molecule has 1 saturated heterocycles. The number of carbonyl (C=O) groups excluding carboxylic acids is 1. The third-order valence-corrected chi connectivity index (χ3v) is 4.07. The van der Waals surface area contributed by atoms with E-state index in [1.54, 1.807) is 0 Å². The number of rotatable bonds is 3. The summed E-state index contributed by atoms with van der Waals surface area (Å²) < 4.78 is 0. The fourth-order valence-corrected chi connectivity index (χ4v) is 2.85. The predicted octanol–water partition coefficient (Wildman–Crippen LogP) is 3.22. The molecule has 0 N–H and O–H groups in total. The third-order valence-electron chi connectivity index (χ3n) is 4.07. The zero-order valence-corrected chi connectivity index (χ0v) is 12.0. The van der Waals surface area contributed by atoms with Crippen molar-refractivity contribution >= 4 is 11.6 Å². The summed E-state index contributed by atoms with van der Waals surface area (Å²) in [5, 5.41) is 10.6. The van der Waals surface area contributed by atoms with E-state index in [1.807, 2.05) is 23.1 Å². The Kier molecular flexibility index (Phi) is 3.87. The van der Waals surface area contributed by atoms with Crippen LogP contribution in [-0.2, 0) is 0 Å². The van der Waals surface area contributed by atoms with Gasteiger partial charge in [0.05, 0.1) is 4.92 Å². The summed E-state index contributed by atoms with van der Waals surface area (Å²) in [5.41, 5.74) is 1.75. The first-order valence-electron chi connectivity index (χ1n) is 7.24. The van der Waals surface area contributed by atoms with Gasteiger partial charge in [-0.15, -0.1) is 0 Å². The fourth-order valence-electron chi connectivity index (χ4n) is 2.85. The lowest BCUT2D eigenvalue weighted by Crippen LogP contribution is -2.28. The minimum atomic E-state index is -0.463. The zero-order valence-electron chi connectivity index (χ0n) is 12.0. The Morgan fingerprint density at radius 2 is 1.77 bits per heavy atom. The van der Waals surface area contributed by atoms with E-state index >= 15 is 0 Å². The number of nitrogens with zero attached hydrogens (tertiary/aromatic N) is 2. The standard InChI is InChI=1S/C17H16N2O3/c20-17(14-6-8-16(9-7-14)19(21)22)18-11-10-15(12-18)13-4-2-1-3-5-13/h1-9,15H,10-12H2/t15-/m0/s1. The van der Waals surface area contributed by atoms with E-state index in [1.165, 1.54) is 29.8 Å². The van der Waals surface area contributed by atoms with Gasteiger partial charge in [0.15, 0.2) is 0 Å². The van der Waals surface area contributed by atoms with Crippen molar-refractivity contribution in [1.29, 1.82) is 0 Å². The van der Waals surface area contributed by atoms with Crippen LogP contribution in [0, 0.1) is 10.1 Å². The van der Waals surface area contributed by atoms with Gasteiger partial charge in [0.25, 0.3) is 11.6 Å². The van der Waals surface area contributed by atoms with Gasteiger partial charge in [0.2, 0.25) is 0 Å². The van der Waals surface area contributed by atoms with Crippen LogP contribution < -0.4 is 0 Å². The van der Waals surface area contributed by atoms with Gasteiger partial charge in [-0.1, -0.05) is 30.3 Å². The van der Waals surface area contributed by atoms with Crippen LogP contribution in [-0.4, -0.2) is 28.8 Å². The Labute approximate surface area is 128 Å². The Balaban J connectivity index is 1.70. The van der Waals surface area contributed by atoms with E-state index < -0.39 is 4.92 Å². The molecule has 0 saturated carbocycles. The monoisotopic (exact) mass is 296 g/mol. The molecule has 0 radical (unpaired) electrons. The molecule has 0 spiro atoms. The van der Waals surface area contributed by atoms with Crippen molar-refractivity contribution in [3.63, 3.8) is 0 Å². The van der Waals surface area contributed by atoms with Crippen LogP contribution in [0.3, 0.4) is 0 Å². The van der Waals surface area contributed by atoms with Crippen molar-refractivity contribution in [3.05, 3.63) is 75.8 Å². The van der Waals surface area contributed by atoms with Crippen LogP contribution in [0.15, 0.2) is 54.6 Å². The van der Waals surface area contributed by atoms with Crippen molar-refractivity contribution in [2.75, 3.05) is 13.1 Å². The number of nitro benzene ring substituents is 1. The summed E-state index contributed by atoms with van der Waals surface area (Å²) in [6.45, 7) is 1.41. The van der Waals surface area contributed by atoms with Crippen molar-refractivity contribution < 1.29 is 9.72 Å². The minimum Gasteiger partial charge on any atom is -0.338 e. The molecule has 0 bridgehead atoms. The van der Waals surface area contributed by atoms with Gasteiger partial charge in [-0.25, -0.2) is 0 Å². The number of carbonyl (C=O) groups is 1. The molecule has 5 nitrogen and oxygen atoms in total. The fraction of sp³-hybridized carbons (Fsp3) is 0.235. The number of hydrogen-bond donors (Lipinski definition) is 0. The highest BCUT2D eigenvalue weighted by Gasteiger charge is 2.27. The molecule has 1 atom stereocenters. The quantitative estimate of drug-likeness (QED) is 0.645. The van der Waals surface area contributed by atoms with E-state index in [-0.39, 0.29) is 11.6 Å². The topological polar surface area (TPSA) is 63.4 Å². The first-order chi connectivity index (χ1) is 10.6. The van der Waals surface area contributed by atoms with Crippen molar-refractivity contribution in [2.24, 2.45) is 0 Å². The molecule has 1 aliphatic heterocycles. The normalized spacial score (nSPS) is 17.5. The molecular weight excluding hydrogens is 280 g/mol. The first kappa shape index (κ1) is 14.3. The van der Waals surface area contributed by atoms with E-state index in [0.29, 0.717) is 18.0 Å². The number of nitro groups is 1. The molecule has 0 aliphatic carbocycles. The van der Waals surface area contributed by atoms with Gasteiger partial charge in [-0.2, -0.15) is 0 Å². The Hall–Kier alpha value is -2.69. The molecule has 1 aliphatic rings. The summed E-state index contributed by atoms with van der Waals surface area (Å²) >= 11 is 0. The number of likely N-dealkylation sites (tertiary alicyclic amines) is 1. The van der Waals surface area contributed by atoms with E-state index in [9.17, 15) is 14.9 Å². The first-order valence-corrected chi connectivity index (χ1v) is 7.24. The highest BCUT2D eigenvalue weighted by Crippen LogP contribution is 2.28. The van der Waals surface area contributed by atoms with E-state index in [0.717, 1.165) is 13.0 Å². The molecule has 2 aromatic carbocycles. The average Bonchev–Trinajstić information content (AvgIpc) is 3.05. The maximum atomic E-state index is 12.5. The van der Waals surface area contributed by atoms with Gasteiger partial charge >= 0.3 is 0 Å². The summed E-state index contributed by atoms with van der Waals surface area (Å²) in [5.74, 6) is 0.302. The number of benzene rings is 2. The highest BCUT2D eigenvalue weighted by molar-refractivity contribution is 5.94. The number of hydrogen-bond acceptors (Lipinski definition) is 3. The smallest absolute Gasteiger partial charge is 0.269 e.